The summed E-state index contributed by atoms with van der Waals surface area (Å²) in [6.07, 6.45) is 3.97. The van der Waals surface area contributed by atoms with Gasteiger partial charge in [0.25, 0.3) is 5.91 Å². The lowest BCUT2D eigenvalue weighted by Crippen LogP contribution is -2.25. The maximum Gasteiger partial charge on any atom is 0.273 e. The van der Waals surface area contributed by atoms with Crippen molar-refractivity contribution in [2.45, 2.75) is 6.42 Å². The molecule has 26 heavy (non-hydrogen) atoms. The van der Waals surface area contributed by atoms with E-state index in [1.165, 1.54) is 0 Å². The van der Waals surface area contributed by atoms with Crippen LogP contribution in [0.5, 0.6) is 11.5 Å². The second-order valence-corrected chi connectivity index (χ2v) is 5.51. The highest BCUT2D eigenvalue weighted by Gasteiger charge is 2.13. The molecule has 0 aliphatic heterocycles. The van der Waals surface area contributed by atoms with Gasteiger partial charge in [0.2, 0.25) is 0 Å². The first-order valence-electron chi connectivity index (χ1n) is 8.07. The Balaban J connectivity index is 1.57. The number of aromatic nitrogens is 2. The molecule has 134 valence electrons. The average molecular weight is 353 g/mol. The second kappa shape index (κ2) is 8.15. The summed E-state index contributed by atoms with van der Waals surface area (Å²) in [6.45, 7) is 0.462. The minimum atomic E-state index is -0.288. The van der Waals surface area contributed by atoms with E-state index in [9.17, 15) is 4.79 Å². The lowest BCUT2D eigenvalue weighted by atomic mass is 10.1. The van der Waals surface area contributed by atoms with Crippen molar-refractivity contribution >= 4 is 5.91 Å². The van der Waals surface area contributed by atoms with Crippen molar-refractivity contribution in [3.63, 3.8) is 0 Å². The molecule has 0 unspecified atom stereocenters. The summed E-state index contributed by atoms with van der Waals surface area (Å²) >= 11 is 0. The first kappa shape index (κ1) is 17.5. The fourth-order valence-corrected chi connectivity index (χ4v) is 2.47. The summed E-state index contributed by atoms with van der Waals surface area (Å²) < 4.78 is 15.7. The summed E-state index contributed by atoms with van der Waals surface area (Å²) in [5.74, 6) is 1.55. The Bertz CT molecular complexity index is 878. The second-order valence-electron chi connectivity index (χ2n) is 5.51. The molecule has 3 aromatic rings. The maximum absolute atomic E-state index is 12.2. The molecular weight excluding hydrogens is 334 g/mol. The largest absolute Gasteiger partial charge is 0.493 e. The van der Waals surface area contributed by atoms with Crippen LogP contribution in [0.4, 0.5) is 0 Å². The molecular formula is C19H19N3O4. The van der Waals surface area contributed by atoms with Crippen LogP contribution < -0.4 is 14.8 Å². The minimum absolute atomic E-state index is 0.233. The van der Waals surface area contributed by atoms with Crippen molar-refractivity contribution in [1.82, 2.24) is 15.5 Å². The van der Waals surface area contributed by atoms with Gasteiger partial charge in [-0.15, -0.1) is 0 Å². The lowest BCUT2D eigenvalue weighted by molar-refractivity contribution is 0.0945. The van der Waals surface area contributed by atoms with Gasteiger partial charge in [-0.3, -0.25) is 9.78 Å². The highest BCUT2D eigenvalue weighted by molar-refractivity contribution is 5.93. The van der Waals surface area contributed by atoms with Crippen molar-refractivity contribution in [1.29, 1.82) is 0 Å². The number of rotatable bonds is 7. The SMILES string of the molecule is COc1ccc(CCNC(=O)c2cc(-c3cccnc3)on2)cc1OC. The number of benzene rings is 1. The van der Waals surface area contributed by atoms with Crippen molar-refractivity contribution < 1.29 is 18.8 Å². The molecule has 0 bridgehead atoms. The first-order valence-corrected chi connectivity index (χ1v) is 8.07. The molecule has 0 aliphatic carbocycles. The van der Waals surface area contributed by atoms with Gasteiger partial charge in [-0.1, -0.05) is 11.2 Å². The monoisotopic (exact) mass is 353 g/mol. The van der Waals surface area contributed by atoms with E-state index in [1.807, 2.05) is 24.3 Å². The van der Waals surface area contributed by atoms with E-state index >= 15 is 0 Å². The molecule has 0 aliphatic rings. The smallest absolute Gasteiger partial charge is 0.273 e. The zero-order chi connectivity index (χ0) is 18.4. The fraction of sp³-hybridized carbons (Fsp3) is 0.211. The molecule has 2 aromatic heterocycles. The van der Waals surface area contributed by atoms with Crippen LogP contribution >= 0.6 is 0 Å². The van der Waals surface area contributed by atoms with E-state index in [1.54, 1.807) is 38.7 Å². The number of nitrogens with zero attached hydrogens (tertiary/aromatic N) is 2. The molecule has 2 heterocycles. The Labute approximate surface area is 150 Å². The number of ether oxygens (including phenoxy) is 2. The van der Waals surface area contributed by atoms with Crippen LogP contribution in [0.25, 0.3) is 11.3 Å². The van der Waals surface area contributed by atoms with Crippen LogP contribution in [0.15, 0.2) is 53.3 Å². The van der Waals surface area contributed by atoms with Gasteiger partial charge in [0, 0.05) is 30.6 Å². The summed E-state index contributed by atoms with van der Waals surface area (Å²) in [5.41, 5.74) is 2.03. The topological polar surface area (TPSA) is 86.5 Å². The molecule has 0 spiro atoms. The van der Waals surface area contributed by atoms with Gasteiger partial charge >= 0.3 is 0 Å². The van der Waals surface area contributed by atoms with Gasteiger partial charge in [0.15, 0.2) is 23.0 Å². The highest BCUT2D eigenvalue weighted by atomic mass is 16.5. The predicted molar refractivity (Wildman–Crippen MR) is 95.3 cm³/mol. The molecule has 0 atom stereocenters. The molecule has 1 amide bonds. The summed E-state index contributed by atoms with van der Waals surface area (Å²) in [5, 5.41) is 6.65. The molecule has 0 fully saturated rings. The standard InChI is InChI=1S/C19H19N3O4/c1-24-16-6-5-13(10-18(16)25-2)7-9-21-19(23)15-11-17(26-22-15)14-4-3-8-20-12-14/h3-6,8,10-12H,7,9H2,1-2H3,(H,21,23). The van der Waals surface area contributed by atoms with E-state index in [0.29, 0.717) is 30.2 Å². The molecule has 7 heteroatoms. The number of hydrogen-bond donors (Lipinski definition) is 1. The van der Waals surface area contributed by atoms with E-state index < -0.39 is 0 Å². The molecule has 0 saturated carbocycles. The van der Waals surface area contributed by atoms with Crippen molar-refractivity contribution in [2.24, 2.45) is 0 Å². The minimum Gasteiger partial charge on any atom is -0.493 e. The Kier molecular flexibility index (Phi) is 5.48. The molecule has 1 N–H and O–H groups in total. The average Bonchev–Trinajstić information content (AvgIpc) is 3.19. The van der Waals surface area contributed by atoms with Crippen LogP contribution in [0.2, 0.25) is 0 Å². The number of carbonyl (C=O) groups is 1. The van der Waals surface area contributed by atoms with Crippen molar-refractivity contribution in [2.75, 3.05) is 20.8 Å². The van der Waals surface area contributed by atoms with Crippen molar-refractivity contribution in [3.05, 3.63) is 60.0 Å². The summed E-state index contributed by atoms with van der Waals surface area (Å²) in [6, 6.07) is 10.9. The molecule has 7 nitrogen and oxygen atoms in total. The van der Waals surface area contributed by atoms with E-state index in [-0.39, 0.29) is 11.6 Å². The van der Waals surface area contributed by atoms with E-state index in [0.717, 1.165) is 11.1 Å². The lowest BCUT2D eigenvalue weighted by Gasteiger charge is -2.09. The molecule has 0 radical (unpaired) electrons. The summed E-state index contributed by atoms with van der Waals surface area (Å²) in [4.78, 5) is 16.2. The van der Waals surface area contributed by atoms with Gasteiger partial charge in [-0.2, -0.15) is 0 Å². The summed E-state index contributed by atoms with van der Waals surface area (Å²) in [7, 11) is 3.18. The van der Waals surface area contributed by atoms with E-state index in [2.05, 4.69) is 15.5 Å². The number of pyridine rings is 1. The predicted octanol–water partition coefficient (Wildman–Crippen LogP) is 2.73. The van der Waals surface area contributed by atoms with Crippen LogP contribution in [0.1, 0.15) is 16.1 Å². The Morgan fingerprint density at radius 1 is 1.15 bits per heavy atom. The molecule has 0 saturated heterocycles. The zero-order valence-corrected chi connectivity index (χ0v) is 14.6. The Hall–Kier alpha value is -3.35. The van der Waals surface area contributed by atoms with Crippen LogP contribution in [-0.2, 0) is 6.42 Å². The third-order valence-electron chi connectivity index (χ3n) is 3.84. The quantitative estimate of drug-likeness (QED) is 0.703. The number of carbonyl (C=O) groups excluding carboxylic acids is 1. The van der Waals surface area contributed by atoms with Gasteiger partial charge in [-0.25, -0.2) is 0 Å². The Morgan fingerprint density at radius 2 is 2.00 bits per heavy atom. The zero-order valence-electron chi connectivity index (χ0n) is 14.6. The molecule has 3 rings (SSSR count). The number of methoxy groups -OCH3 is 2. The number of amides is 1. The van der Waals surface area contributed by atoms with Gasteiger partial charge in [-0.05, 0) is 36.2 Å². The van der Waals surface area contributed by atoms with Crippen LogP contribution in [0, 0.1) is 0 Å². The van der Waals surface area contributed by atoms with Gasteiger partial charge in [0.05, 0.1) is 14.2 Å². The third-order valence-corrected chi connectivity index (χ3v) is 3.84. The first-order chi connectivity index (χ1) is 12.7. The molecule has 1 aromatic carbocycles. The fourth-order valence-electron chi connectivity index (χ4n) is 2.47. The van der Waals surface area contributed by atoms with Gasteiger partial charge < -0.3 is 19.3 Å². The number of nitrogens with one attached hydrogen (secondary N) is 1. The Morgan fingerprint density at radius 3 is 2.73 bits per heavy atom. The van der Waals surface area contributed by atoms with Crippen LogP contribution in [-0.4, -0.2) is 36.8 Å². The third kappa shape index (κ3) is 4.00. The normalized spacial score (nSPS) is 10.4. The van der Waals surface area contributed by atoms with E-state index in [4.69, 9.17) is 14.0 Å². The maximum atomic E-state index is 12.2. The highest BCUT2D eigenvalue weighted by Crippen LogP contribution is 2.27. The van der Waals surface area contributed by atoms with Crippen LogP contribution in [0.3, 0.4) is 0 Å². The van der Waals surface area contributed by atoms with Crippen molar-refractivity contribution in [3.8, 4) is 22.8 Å². The van der Waals surface area contributed by atoms with Gasteiger partial charge in [0.1, 0.15) is 0 Å². The number of hydrogen-bond acceptors (Lipinski definition) is 6.